The minimum atomic E-state index is -0.177. The van der Waals surface area contributed by atoms with Gasteiger partial charge in [-0.15, -0.1) is 0 Å². The number of benzene rings is 1. The third-order valence-electron chi connectivity index (χ3n) is 4.26. The molecule has 2 unspecified atom stereocenters. The third kappa shape index (κ3) is 4.88. The standard InChI is InChI=1S/C17H29FN2/c1-6-14(7-2)17(20(4)5)12-19-13(3)15-8-10-16(18)11-9-15/h8-11,13-14,17,19H,6-7,12H2,1-5H3. The molecule has 0 amide bonds. The van der Waals surface area contributed by atoms with Crippen molar-refractivity contribution in [1.29, 1.82) is 0 Å². The maximum Gasteiger partial charge on any atom is 0.123 e. The maximum absolute atomic E-state index is 12.9. The summed E-state index contributed by atoms with van der Waals surface area (Å²) in [6.07, 6.45) is 2.40. The molecule has 3 heteroatoms. The number of rotatable bonds is 8. The van der Waals surface area contributed by atoms with Gasteiger partial charge in [-0.1, -0.05) is 38.8 Å². The van der Waals surface area contributed by atoms with Crippen LogP contribution < -0.4 is 5.32 Å². The Balaban J connectivity index is 2.60. The van der Waals surface area contributed by atoms with Gasteiger partial charge < -0.3 is 10.2 Å². The zero-order chi connectivity index (χ0) is 15.1. The Hall–Kier alpha value is -0.930. The summed E-state index contributed by atoms with van der Waals surface area (Å²) in [6.45, 7) is 7.60. The second kappa shape index (κ2) is 8.38. The molecule has 0 saturated heterocycles. The molecule has 0 aromatic heterocycles. The van der Waals surface area contributed by atoms with Gasteiger partial charge in [0.15, 0.2) is 0 Å². The van der Waals surface area contributed by atoms with E-state index in [1.165, 1.54) is 25.0 Å². The van der Waals surface area contributed by atoms with Crippen molar-refractivity contribution < 1.29 is 4.39 Å². The second-order valence-electron chi connectivity index (χ2n) is 5.79. The highest BCUT2D eigenvalue weighted by molar-refractivity contribution is 5.19. The highest BCUT2D eigenvalue weighted by Crippen LogP contribution is 2.18. The molecule has 0 aliphatic carbocycles. The lowest BCUT2D eigenvalue weighted by atomic mass is 9.93. The SMILES string of the molecule is CCC(CC)C(CNC(C)c1ccc(F)cc1)N(C)C. The van der Waals surface area contributed by atoms with Crippen LogP contribution in [0.3, 0.4) is 0 Å². The average molecular weight is 280 g/mol. The first kappa shape index (κ1) is 17.1. The van der Waals surface area contributed by atoms with E-state index < -0.39 is 0 Å². The first-order valence-corrected chi connectivity index (χ1v) is 7.64. The predicted molar refractivity (Wildman–Crippen MR) is 84.4 cm³/mol. The largest absolute Gasteiger partial charge is 0.309 e. The van der Waals surface area contributed by atoms with Gasteiger partial charge >= 0.3 is 0 Å². The summed E-state index contributed by atoms with van der Waals surface area (Å²) in [6, 6.07) is 7.54. The Morgan fingerprint density at radius 3 is 2.10 bits per heavy atom. The summed E-state index contributed by atoms with van der Waals surface area (Å²) >= 11 is 0. The first-order chi connectivity index (χ1) is 9.49. The molecule has 1 rings (SSSR count). The zero-order valence-corrected chi connectivity index (χ0v) is 13.5. The van der Waals surface area contributed by atoms with Crippen molar-refractivity contribution in [3.8, 4) is 0 Å². The third-order valence-corrected chi connectivity index (χ3v) is 4.26. The number of likely N-dealkylation sites (N-methyl/N-ethyl adjacent to an activating group) is 1. The molecule has 0 heterocycles. The number of halogens is 1. The fraction of sp³-hybridized carbons (Fsp3) is 0.647. The van der Waals surface area contributed by atoms with Crippen molar-refractivity contribution in [2.45, 2.75) is 45.7 Å². The molecule has 0 spiro atoms. The Labute approximate surface area is 123 Å². The van der Waals surface area contributed by atoms with Crippen molar-refractivity contribution in [2.24, 2.45) is 5.92 Å². The minimum absolute atomic E-state index is 0.177. The smallest absolute Gasteiger partial charge is 0.123 e. The van der Waals surface area contributed by atoms with E-state index in [0.717, 1.165) is 12.1 Å². The Bertz CT molecular complexity index is 371. The maximum atomic E-state index is 12.9. The van der Waals surface area contributed by atoms with Gasteiger partial charge in [0.05, 0.1) is 0 Å². The van der Waals surface area contributed by atoms with E-state index in [4.69, 9.17) is 0 Å². The van der Waals surface area contributed by atoms with E-state index in [9.17, 15) is 4.39 Å². The van der Waals surface area contributed by atoms with Crippen LogP contribution in [-0.4, -0.2) is 31.6 Å². The fourth-order valence-corrected chi connectivity index (χ4v) is 2.77. The minimum Gasteiger partial charge on any atom is -0.309 e. The molecule has 0 fully saturated rings. The van der Waals surface area contributed by atoms with Crippen LogP contribution in [0.5, 0.6) is 0 Å². The van der Waals surface area contributed by atoms with Gasteiger partial charge in [0.1, 0.15) is 5.82 Å². The predicted octanol–water partition coefficient (Wildman–Crippen LogP) is 3.84. The van der Waals surface area contributed by atoms with Crippen LogP contribution in [-0.2, 0) is 0 Å². The quantitative estimate of drug-likeness (QED) is 0.778. The zero-order valence-electron chi connectivity index (χ0n) is 13.5. The molecule has 0 aliphatic heterocycles. The number of hydrogen-bond acceptors (Lipinski definition) is 2. The van der Waals surface area contributed by atoms with Crippen LogP contribution in [0.2, 0.25) is 0 Å². The number of nitrogens with one attached hydrogen (secondary N) is 1. The van der Waals surface area contributed by atoms with Crippen LogP contribution in [0, 0.1) is 11.7 Å². The molecule has 0 aliphatic rings. The van der Waals surface area contributed by atoms with Gasteiger partial charge in [-0.25, -0.2) is 4.39 Å². The summed E-state index contributed by atoms with van der Waals surface area (Å²) in [7, 11) is 4.29. The average Bonchev–Trinajstić information content (AvgIpc) is 2.43. The fourth-order valence-electron chi connectivity index (χ4n) is 2.77. The molecule has 0 bridgehead atoms. The van der Waals surface area contributed by atoms with Crippen LogP contribution in [0.25, 0.3) is 0 Å². The Kier molecular flexibility index (Phi) is 7.17. The van der Waals surface area contributed by atoms with E-state index in [0.29, 0.717) is 12.0 Å². The van der Waals surface area contributed by atoms with Gasteiger partial charge in [0.25, 0.3) is 0 Å². The molecular formula is C17H29FN2. The lowest BCUT2D eigenvalue weighted by Crippen LogP contribution is -2.43. The number of nitrogens with zero attached hydrogens (tertiary/aromatic N) is 1. The van der Waals surface area contributed by atoms with E-state index in [2.05, 4.69) is 45.1 Å². The highest BCUT2D eigenvalue weighted by Gasteiger charge is 2.21. The van der Waals surface area contributed by atoms with E-state index in [1.807, 2.05) is 12.1 Å². The molecule has 2 nitrogen and oxygen atoms in total. The molecule has 1 N–H and O–H groups in total. The molecule has 1 aromatic carbocycles. The van der Waals surface area contributed by atoms with Crippen molar-refractivity contribution >= 4 is 0 Å². The summed E-state index contributed by atoms with van der Waals surface area (Å²) in [4.78, 5) is 2.31. The molecule has 114 valence electrons. The number of hydrogen-bond donors (Lipinski definition) is 1. The Morgan fingerprint density at radius 1 is 1.10 bits per heavy atom. The van der Waals surface area contributed by atoms with E-state index in [1.54, 1.807) is 0 Å². The van der Waals surface area contributed by atoms with Crippen LogP contribution >= 0.6 is 0 Å². The monoisotopic (exact) mass is 280 g/mol. The van der Waals surface area contributed by atoms with Crippen LogP contribution in [0.15, 0.2) is 24.3 Å². The van der Waals surface area contributed by atoms with E-state index >= 15 is 0 Å². The molecule has 20 heavy (non-hydrogen) atoms. The van der Waals surface area contributed by atoms with Crippen LogP contribution in [0.1, 0.15) is 45.2 Å². The van der Waals surface area contributed by atoms with Gasteiger partial charge in [0, 0.05) is 18.6 Å². The second-order valence-corrected chi connectivity index (χ2v) is 5.79. The lowest BCUT2D eigenvalue weighted by Gasteiger charge is -2.32. The first-order valence-electron chi connectivity index (χ1n) is 7.64. The van der Waals surface area contributed by atoms with E-state index in [-0.39, 0.29) is 11.9 Å². The van der Waals surface area contributed by atoms with Gasteiger partial charge in [-0.05, 0) is 44.6 Å². The molecular weight excluding hydrogens is 251 g/mol. The summed E-state index contributed by atoms with van der Waals surface area (Å²) in [5.41, 5.74) is 1.13. The molecule has 0 saturated carbocycles. The van der Waals surface area contributed by atoms with Crippen molar-refractivity contribution in [3.63, 3.8) is 0 Å². The normalized spacial score (nSPS) is 14.8. The summed E-state index contributed by atoms with van der Waals surface area (Å²) in [5.74, 6) is 0.530. The van der Waals surface area contributed by atoms with Crippen LogP contribution in [0.4, 0.5) is 4.39 Å². The van der Waals surface area contributed by atoms with Crippen molar-refractivity contribution in [1.82, 2.24) is 10.2 Å². The Morgan fingerprint density at radius 2 is 1.65 bits per heavy atom. The van der Waals surface area contributed by atoms with Gasteiger partial charge in [0.2, 0.25) is 0 Å². The van der Waals surface area contributed by atoms with Crippen molar-refractivity contribution in [2.75, 3.05) is 20.6 Å². The molecule has 1 aromatic rings. The molecule has 2 atom stereocenters. The van der Waals surface area contributed by atoms with Gasteiger partial charge in [-0.2, -0.15) is 0 Å². The highest BCUT2D eigenvalue weighted by atomic mass is 19.1. The van der Waals surface area contributed by atoms with Crippen molar-refractivity contribution in [3.05, 3.63) is 35.6 Å². The summed E-state index contributed by atoms with van der Waals surface area (Å²) < 4.78 is 12.9. The molecule has 0 radical (unpaired) electrons. The van der Waals surface area contributed by atoms with Gasteiger partial charge in [-0.3, -0.25) is 0 Å². The summed E-state index contributed by atoms with van der Waals surface area (Å²) in [5, 5.41) is 3.58. The lowest BCUT2D eigenvalue weighted by molar-refractivity contribution is 0.190. The topological polar surface area (TPSA) is 15.3 Å².